The average molecular weight is 326 g/mol. The number of aliphatic carboxylic acids is 1. The van der Waals surface area contributed by atoms with Gasteiger partial charge in [-0.15, -0.1) is 0 Å². The van der Waals surface area contributed by atoms with Gasteiger partial charge in [-0.3, -0.25) is 9.59 Å². The molecular formula is C10H9F3N2O5S. The van der Waals surface area contributed by atoms with Crippen LogP contribution in [0.1, 0.15) is 0 Å². The molecule has 7 nitrogen and oxygen atoms in total. The molecule has 0 fully saturated rings. The molecule has 0 bridgehead atoms. The van der Waals surface area contributed by atoms with Crippen molar-refractivity contribution in [1.82, 2.24) is 10.0 Å². The molecule has 0 saturated carbocycles. The third-order valence-corrected chi connectivity index (χ3v) is 3.57. The van der Waals surface area contributed by atoms with Gasteiger partial charge in [0.1, 0.15) is 11.4 Å². The summed E-state index contributed by atoms with van der Waals surface area (Å²) in [5.74, 6) is -7.80. The van der Waals surface area contributed by atoms with Crippen molar-refractivity contribution < 1.29 is 36.3 Å². The lowest BCUT2D eigenvalue weighted by Gasteiger charge is -2.08. The normalized spacial score (nSPS) is 11.2. The number of carbonyl (C=O) groups is 2. The second kappa shape index (κ2) is 6.54. The summed E-state index contributed by atoms with van der Waals surface area (Å²) >= 11 is 0. The van der Waals surface area contributed by atoms with Crippen LogP contribution in [-0.4, -0.2) is 38.5 Å². The van der Waals surface area contributed by atoms with E-state index in [1.165, 1.54) is 0 Å². The van der Waals surface area contributed by atoms with Gasteiger partial charge in [0.2, 0.25) is 15.9 Å². The lowest BCUT2D eigenvalue weighted by Crippen LogP contribution is -2.39. The van der Waals surface area contributed by atoms with E-state index in [0.717, 1.165) is 0 Å². The molecule has 1 aromatic carbocycles. The highest BCUT2D eigenvalue weighted by atomic mass is 32.2. The Hall–Kier alpha value is -2.14. The minimum absolute atomic E-state index is 0.414. The number of carboxylic acid groups (broad SMARTS) is 1. The van der Waals surface area contributed by atoms with E-state index in [-0.39, 0.29) is 0 Å². The highest BCUT2D eigenvalue weighted by Crippen LogP contribution is 2.19. The molecule has 0 atom stereocenters. The van der Waals surface area contributed by atoms with Crippen LogP contribution in [-0.2, 0) is 19.6 Å². The van der Waals surface area contributed by atoms with Gasteiger partial charge in [-0.1, -0.05) is 0 Å². The molecular weight excluding hydrogens is 317 g/mol. The number of rotatable bonds is 6. The Morgan fingerprint density at radius 1 is 1.10 bits per heavy atom. The van der Waals surface area contributed by atoms with Crippen molar-refractivity contribution >= 4 is 21.9 Å². The van der Waals surface area contributed by atoms with Crippen LogP contribution in [0.4, 0.5) is 13.2 Å². The zero-order chi connectivity index (χ0) is 16.2. The Bertz CT molecular complexity index is 678. The van der Waals surface area contributed by atoms with Crippen LogP contribution >= 0.6 is 0 Å². The maximum atomic E-state index is 13.3. The molecule has 1 amide bonds. The van der Waals surface area contributed by atoms with E-state index in [4.69, 9.17) is 5.11 Å². The summed E-state index contributed by atoms with van der Waals surface area (Å²) in [6.45, 7) is -1.63. The number of benzene rings is 1. The van der Waals surface area contributed by atoms with Gasteiger partial charge in [-0.05, 0) is 12.1 Å². The Balaban J connectivity index is 2.81. The number of halogens is 3. The van der Waals surface area contributed by atoms with Crippen LogP contribution < -0.4 is 10.0 Å². The molecule has 0 unspecified atom stereocenters. The third kappa shape index (κ3) is 4.43. The number of sulfonamides is 1. The van der Waals surface area contributed by atoms with E-state index in [2.05, 4.69) is 0 Å². The van der Waals surface area contributed by atoms with E-state index in [1.54, 1.807) is 4.72 Å². The molecule has 0 aromatic heterocycles. The maximum absolute atomic E-state index is 13.3. The quantitative estimate of drug-likeness (QED) is 0.615. The van der Waals surface area contributed by atoms with Crippen molar-refractivity contribution in [2.24, 2.45) is 0 Å². The standard InChI is InChI=1S/C10H9F3N2O5S/c11-5-1-2-6(10(13)9(5)12)21(19,20)15-3-7(16)14-4-8(17)18/h1-2,15H,3-4H2,(H,14,16)(H,17,18). The van der Waals surface area contributed by atoms with Crippen LogP contribution in [0.15, 0.2) is 17.0 Å². The van der Waals surface area contributed by atoms with Crippen LogP contribution in [0.5, 0.6) is 0 Å². The topological polar surface area (TPSA) is 113 Å². The van der Waals surface area contributed by atoms with E-state index >= 15 is 0 Å². The minimum Gasteiger partial charge on any atom is -0.480 e. The number of hydrogen-bond donors (Lipinski definition) is 3. The largest absolute Gasteiger partial charge is 0.480 e. The fourth-order valence-corrected chi connectivity index (χ4v) is 2.24. The molecule has 116 valence electrons. The van der Waals surface area contributed by atoms with Crippen LogP contribution in [0, 0.1) is 17.5 Å². The number of carbonyl (C=O) groups excluding carboxylic acids is 1. The van der Waals surface area contributed by atoms with E-state index in [9.17, 15) is 31.2 Å². The molecule has 3 N–H and O–H groups in total. The van der Waals surface area contributed by atoms with Crippen molar-refractivity contribution in [3.8, 4) is 0 Å². The zero-order valence-corrected chi connectivity index (χ0v) is 11.0. The van der Waals surface area contributed by atoms with Gasteiger partial charge in [0.25, 0.3) is 0 Å². The van der Waals surface area contributed by atoms with Crippen LogP contribution in [0.25, 0.3) is 0 Å². The third-order valence-electron chi connectivity index (χ3n) is 2.15. The van der Waals surface area contributed by atoms with Crippen molar-refractivity contribution in [2.45, 2.75) is 4.90 Å². The van der Waals surface area contributed by atoms with E-state index < -0.39 is 57.3 Å². The molecule has 0 aliphatic carbocycles. The van der Waals surface area contributed by atoms with Gasteiger partial charge >= 0.3 is 5.97 Å². The molecule has 0 heterocycles. The molecule has 0 spiro atoms. The molecule has 1 aromatic rings. The van der Waals surface area contributed by atoms with Gasteiger partial charge in [0, 0.05) is 0 Å². The van der Waals surface area contributed by atoms with Crippen molar-refractivity contribution in [2.75, 3.05) is 13.1 Å². The van der Waals surface area contributed by atoms with Crippen LogP contribution in [0.3, 0.4) is 0 Å². The van der Waals surface area contributed by atoms with Gasteiger partial charge < -0.3 is 10.4 Å². The van der Waals surface area contributed by atoms with Crippen molar-refractivity contribution in [1.29, 1.82) is 0 Å². The highest BCUT2D eigenvalue weighted by Gasteiger charge is 2.24. The molecule has 21 heavy (non-hydrogen) atoms. The average Bonchev–Trinajstić information content (AvgIpc) is 2.40. The zero-order valence-electron chi connectivity index (χ0n) is 10.2. The fourth-order valence-electron chi connectivity index (χ4n) is 1.19. The van der Waals surface area contributed by atoms with Crippen LogP contribution in [0.2, 0.25) is 0 Å². The second-order valence-electron chi connectivity index (χ2n) is 3.67. The first-order chi connectivity index (χ1) is 9.65. The molecule has 0 saturated heterocycles. The smallest absolute Gasteiger partial charge is 0.322 e. The summed E-state index contributed by atoms with van der Waals surface area (Å²) in [5, 5.41) is 10.1. The minimum atomic E-state index is -4.60. The van der Waals surface area contributed by atoms with E-state index in [0.29, 0.717) is 12.1 Å². The first-order valence-electron chi connectivity index (χ1n) is 5.27. The lowest BCUT2D eigenvalue weighted by atomic mass is 10.3. The van der Waals surface area contributed by atoms with Gasteiger partial charge in [0.15, 0.2) is 17.5 Å². The van der Waals surface area contributed by atoms with E-state index in [1.807, 2.05) is 5.32 Å². The van der Waals surface area contributed by atoms with Gasteiger partial charge in [-0.2, -0.15) is 0 Å². The number of carboxylic acids is 1. The first kappa shape index (κ1) is 16.9. The summed E-state index contributed by atoms with van der Waals surface area (Å²) < 4.78 is 63.8. The maximum Gasteiger partial charge on any atom is 0.322 e. The Kier molecular flexibility index (Phi) is 5.27. The van der Waals surface area contributed by atoms with Gasteiger partial charge in [-0.25, -0.2) is 26.3 Å². The summed E-state index contributed by atoms with van der Waals surface area (Å²) in [6, 6.07) is 0.905. The Morgan fingerprint density at radius 3 is 2.29 bits per heavy atom. The predicted molar refractivity (Wildman–Crippen MR) is 62.1 cm³/mol. The number of amides is 1. The summed E-state index contributed by atoms with van der Waals surface area (Å²) in [7, 11) is -4.60. The second-order valence-corrected chi connectivity index (χ2v) is 5.40. The predicted octanol–water partition coefficient (Wildman–Crippen LogP) is -0.417. The summed E-state index contributed by atoms with van der Waals surface area (Å²) in [4.78, 5) is 20.1. The molecule has 1 rings (SSSR count). The summed E-state index contributed by atoms with van der Waals surface area (Å²) in [5.41, 5.74) is 0. The molecule has 11 heteroatoms. The Morgan fingerprint density at radius 2 is 1.71 bits per heavy atom. The fraction of sp³-hybridized carbons (Fsp3) is 0.200. The number of nitrogens with one attached hydrogen (secondary N) is 2. The highest BCUT2D eigenvalue weighted by molar-refractivity contribution is 7.89. The first-order valence-corrected chi connectivity index (χ1v) is 6.75. The van der Waals surface area contributed by atoms with Crippen molar-refractivity contribution in [3.05, 3.63) is 29.6 Å². The lowest BCUT2D eigenvalue weighted by molar-refractivity contribution is -0.137. The Labute approximate surface area is 116 Å². The van der Waals surface area contributed by atoms with Gasteiger partial charge in [0.05, 0.1) is 6.54 Å². The van der Waals surface area contributed by atoms with Crippen molar-refractivity contribution in [3.63, 3.8) is 0 Å². The molecule has 0 aliphatic heterocycles. The number of hydrogen-bond acceptors (Lipinski definition) is 4. The molecule has 0 radical (unpaired) electrons. The SMILES string of the molecule is O=C(O)CNC(=O)CNS(=O)(=O)c1ccc(F)c(F)c1F. The monoisotopic (exact) mass is 326 g/mol. The summed E-state index contributed by atoms with van der Waals surface area (Å²) in [6.07, 6.45) is 0. The molecule has 0 aliphatic rings.